The molecule has 0 spiro atoms. The van der Waals surface area contributed by atoms with Crippen LogP contribution in [0.5, 0.6) is 5.75 Å². The summed E-state index contributed by atoms with van der Waals surface area (Å²) in [5.41, 5.74) is 3.35. The average molecular weight is 437 g/mol. The molecule has 4 rings (SSSR count). The zero-order valence-corrected chi connectivity index (χ0v) is 18.3. The number of fused-ring (bicyclic) bond motifs is 1. The summed E-state index contributed by atoms with van der Waals surface area (Å²) in [7, 11) is -2.41. The fourth-order valence-corrected chi connectivity index (χ4v) is 5.54. The van der Waals surface area contributed by atoms with Gasteiger partial charge in [0, 0.05) is 17.8 Å². The lowest BCUT2D eigenvalue weighted by Crippen LogP contribution is -2.36. The van der Waals surface area contributed by atoms with Crippen LogP contribution in [0.2, 0.25) is 0 Å². The molecule has 0 aliphatic carbocycles. The van der Waals surface area contributed by atoms with Gasteiger partial charge < -0.3 is 10.1 Å². The van der Waals surface area contributed by atoms with Crippen LogP contribution < -0.4 is 14.4 Å². The Kier molecular flexibility index (Phi) is 5.69. The first kappa shape index (κ1) is 20.9. The lowest BCUT2D eigenvalue weighted by Gasteiger charge is -2.31. The van der Waals surface area contributed by atoms with E-state index < -0.39 is 10.0 Å². The lowest BCUT2D eigenvalue weighted by molar-refractivity contribution is 0.102. The van der Waals surface area contributed by atoms with E-state index in [9.17, 15) is 13.2 Å². The molecule has 0 saturated carbocycles. The molecule has 1 heterocycles. The van der Waals surface area contributed by atoms with E-state index in [2.05, 4.69) is 5.32 Å². The number of benzene rings is 3. The minimum absolute atomic E-state index is 0.127. The molecule has 0 atom stereocenters. The Morgan fingerprint density at radius 3 is 2.55 bits per heavy atom. The molecule has 1 N–H and O–H groups in total. The van der Waals surface area contributed by atoms with Crippen molar-refractivity contribution < 1.29 is 17.9 Å². The first-order valence-electron chi connectivity index (χ1n) is 10.1. The predicted octanol–water partition coefficient (Wildman–Crippen LogP) is 4.40. The molecule has 1 amide bonds. The van der Waals surface area contributed by atoms with Crippen molar-refractivity contribution in [2.75, 3.05) is 23.3 Å². The van der Waals surface area contributed by atoms with Crippen LogP contribution >= 0.6 is 0 Å². The number of para-hydroxylation sites is 1. The van der Waals surface area contributed by atoms with E-state index in [-0.39, 0.29) is 10.8 Å². The van der Waals surface area contributed by atoms with E-state index in [0.29, 0.717) is 35.7 Å². The molecule has 160 valence electrons. The third-order valence-electron chi connectivity index (χ3n) is 5.34. The fourth-order valence-electron chi connectivity index (χ4n) is 3.76. The summed E-state index contributed by atoms with van der Waals surface area (Å²) in [4.78, 5) is 12.9. The molecule has 0 fully saturated rings. The molecule has 3 aromatic rings. The zero-order chi connectivity index (χ0) is 22.0. The Balaban J connectivity index is 1.73. The number of nitrogens with one attached hydrogen (secondary N) is 1. The molecule has 0 radical (unpaired) electrons. The Hall–Kier alpha value is -3.32. The minimum atomic E-state index is -3.87. The number of aryl methyl sites for hydroxylation is 2. The molecule has 0 bridgehead atoms. The number of carbonyl (C=O) groups is 1. The molecule has 3 aromatic carbocycles. The van der Waals surface area contributed by atoms with Crippen molar-refractivity contribution in [2.24, 2.45) is 0 Å². The van der Waals surface area contributed by atoms with E-state index in [1.807, 2.05) is 37.3 Å². The maximum Gasteiger partial charge on any atom is 0.268 e. The van der Waals surface area contributed by atoms with E-state index >= 15 is 0 Å². The van der Waals surface area contributed by atoms with Crippen molar-refractivity contribution in [1.82, 2.24) is 0 Å². The highest BCUT2D eigenvalue weighted by atomic mass is 32.2. The molecular weight excluding hydrogens is 412 g/mol. The maximum atomic E-state index is 13.6. The van der Waals surface area contributed by atoms with Crippen LogP contribution in [-0.2, 0) is 16.4 Å². The largest absolute Gasteiger partial charge is 0.495 e. The second-order valence-corrected chi connectivity index (χ2v) is 9.33. The van der Waals surface area contributed by atoms with Crippen LogP contribution in [0.1, 0.15) is 27.9 Å². The fraction of sp³-hybridized carbons (Fsp3) is 0.208. The van der Waals surface area contributed by atoms with Gasteiger partial charge in [-0.3, -0.25) is 9.10 Å². The maximum absolute atomic E-state index is 13.6. The number of hydrogen-bond acceptors (Lipinski definition) is 4. The van der Waals surface area contributed by atoms with E-state index in [4.69, 9.17) is 4.74 Å². The molecule has 0 unspecified atom stereocenters. The SMILES string of the molecule is COc1ccc(C)cc1S(=O)(=O)N1CCCc2ccc(C(=O)Nc3ccccc3)cc21. The Labute approximate surface area is 182 Å². The predicted molar refractivity (Wildman–Crippen MR) is 121 cm³/mol. The standard InChI is InChI=1S/C24H24N2O4S/c1-17-10-13-22(30-2)23(15-17)31(28,29)26-14-6-7-18-11-12-19(16-21(18)26)24(27)25-20-8-4-3-5-9-20/h3-5,8-13,15-16H,6-7,14H2,1-2H3,(H,25,27). The second-order valence-electron chi connectivity index (χ2n) is 7.50. The Morgan fingerprint density at radius 1 is 1.03 bits per heavy atom. The average Bonchev–Trinajstić information content (AvgIpc) is 2.79. The van der Waals surface area contributed by atoms with Gasteiger partial charge in [-0.05, 0) is 67.3 Å². The van der Waals surface area contributed by atoms with Crippen LogP contribution in [0.4, 0.5) is 11.4 Å². The normalized spacial score (nSPS) is 13.4. The third kappa shape index (κ3) is 4.14. The van der Waals surface area contributed by atoms with Gasteiger partial charge in [-0.2, -0.15) is 0 Å². The summed E-state index contributed by atoms with van der Waals surface area (Å²) in [5.74, 6) is 0.0146. The summed E-state index contributed by atoms with van der Waals surface area (Å²) in [6.07, 6.45) is 1.46. The van der Waals surface area contributed by atoms with Gasteiger partial charge in [0.25, 0.3) is 15.9 Å². The Morgan fingerprint density at radius 2 is 1.81 bits per heavy atom. The van der Waals surface area contributed by atoms with E-state index in [1.165, 1.54) is 11.4 Å². The number of nitrogens with zero attached hydrogens (tertiary/aromatic N) is 1. The number of sulfonamides is 1. The molecule has 7 heteroatoms. The van der Waals surface area contributed by atoms with Crippen molar-refractivity contribution >= 4 is 27.3 Å². The topological polar surface area (TPSA) is 75.7 Å². The molecule has 0 aromatic heterocycles. The van der Waals surface area contributed by atoms with Crippen molar-refractivity contribution in [3.63, 3.8) is 0 Å². The molecular formula is C24H24N2O4S. The molecule has 1 aliphatic heterocycles. The van der Waals surface area contributed by atoms with Crippen LogP contribution in [0.3, 0.4) is 0 Å². The minimum Gasteiger partial charge on any atom is -0.495 e. The van der Waals surface area contributed by atoms with Gasteiger partial charge in [-0.1, -0.05) is 30.3 Å². The molecule has 6 nitrogen and oxygen atoms in total. The quantitative estimate of drug-likeness (QED) is 0.643. The molecule has 1 aliphatic rings. The molecule has 0 saturated heterocycles. The van der Waals surface area contributed by atoms with Crippen molar-refractivity contribution in [3.05, 3.63) is 83.4 Å². The highest BCUT2D eigenvalue weighted by molar-refractivity contribution is 7.93. The number of amides is 1. The summed E-state index contributed by atoms with van der Waals surface area (Å²) in [6.45, 7) is 2.19. The van der Waals surface area contributed by atoms with E-state index in [0.717, 1.165) is 17.5 Å². The molecule has 31 heavy (non-hydrogen) atoms. The summed E-state index contributed by atoms with van der Waals surface area (Å²) in [6, 6.07) is 19.5. The van der Waals surface area contributed by atoms with Gasteiger partial charge in [0.1, 0.15) is 10.6 Å². The summed E-state index contributed by atoms with van der Waals surface area (Å²) < 4.78 is 33.9. The first-order chi connectivity index (χ1) is 14.9. The van der Waals surface area contributed by atoms with Crippen LogP contribution in [0.15, 0.2) is 71.6 Å². The number of methoxy groups -OCH3 is 1. The summed E-state index contributed by atoms with van der Waals surface area (Å²) in [5, 5.41) is 2.85. The third-order valence-corrected chi connectivity index (χ3v) is 7.18. The van der Waals surface area contributed by atoms with Gasteiger partial charge >= 0.3 is 0 Å². The second kappa shape index (κ2) is 8.43. The van der Waals surface area contributed by atoms with Crippen LogP contribution in [0.25, 0.3) is 0 Å². The highest BCUT2D eigenvalue weighted by Crippen LogP contribution is 2.36. The van der Waals surface area contributed by atoms with Gasteiger partial charge in [0.05, 0.1) is 12.8 Å². The summed E-state index contributed by atoms with van der Waals surface area (Å²) >= 11 is 0. The van der Waals surface area contributed by atoms with Crippen molar-refractivity contribution in [1.29, 1.82) is 0 Å². The van der Waals surface area contributed by atoms with Crippen molar-refractivity contribution in [3.8, 4) is 5.75 Å². The van der Waals surface area contributed by atoms with Gasteiger partial charge in [0.15, 0.2) is 0 Å². The first-order valence-corrected chi connectivity index (χ1v) is 11.5. The van der Waals surface area contributed by atoms with Gasteiger partial charge in [-0.15, -0.1) is 0 Å². The van der Waals surface area contributed by atoms with Crippen LogP contribution in [0, 0.1) is 6.92 Å². The monoisotopic (exact) mass is 436 g/mol. The number of rotatable bonds is 5. The zero-order valence-electron chi connectivity index (χ0n) is 17.5. The smallest absolute Gasteiger partial charge is 0.268 e. The number of anilines is 2. The van der Waals surface area contributed by atoms with Crippen molar-refractivity contribution in [2.45, 2.75) is 24.7 Å². The number of hydrogen-bond donors (Lipinski definition) is 1. The van der Waals surface area contributed by atoms with Crippen LogP contribution in [-0.4, -0.2) is 28.0 Å². The van der Waals surface area contributed by atoms with Gasteiger partial charge in [-0.25, -0.2) is 8.42 Å². The van der Waals surface area contributed by atoms with Gasteiger partial charge in [0.2, 0.25) is 0 Å². The lowest BCUT2D eigenvalue weighted by atomic mass is 10.0. The van der Waals surface area contributed by atoms with E-state index in [1.54, 1.807) is 36.4 Å². The Bertz CT molecular complexity index is 1220. The highest BCUT2D eigenvalue weighted by Gasteiger charge is 2.32. The number of carbonyl (C=O) groups excluding carboxylic acids is 1. The number of ether oxygens (including phenoxy) is 1.